The maximum Gasteiger partial charge on any atom is 0.244 e. The van der Waals surface area contributed by atoms with Gasteiger partial charge in [-0.15, -0.1) is 0 Å². The molecule has 116 valence electrons. The van der Waals surface area contributed by atoms with Crippen molar-refractivity contribution in [1.29, 1.82) is 0 Å². The summed E-state index contributed by atoms with van der Waals surface area (Å²) in [6.45, 7) is 10.4. The molecular weight excluding hydrogens is 264 g/mol. The molecule has 0 heterocycles. The highest BCUT2D eigenvalue weighted by atomic mass is 16.2. The van der Waals surface area contributed by atoms with Gasteiger partial charge in [-0.25, -0.2) is 0 Å². The third-order valence-electron chi connectivity index (χ3n) is 3.63. The van der Waals surface area contributed by atoms with Crippen molar-refractivity contribution in [2.24, 2.45) is 5.92 Å². The summed E-state index contributed by atoms with van der Waals surface area (Å²) >= 11 is 0. The quantitative estimate of drug-likeness (QED) is 0.875. The molecule has 0 unspecified atom stereocenters. The Morgan fingerprint density at radius 3 is 2.48 bits per heavy atom. The van der Waals surface area contributed by atoms with Gasteiger partial charge in [-0.05, 0) is 43.4 Å². The molecule has 0 bridgehead atoms. The fourth-order valence-corrected chi connectivity index (χ4v) is 2.01. The maximum absolute atomic E-state index is 12.1. The zero-order chi connectivity index (χ0) is 16.0. The van der Waals surface area contributed by atoms with Crippen molar-refractivity contribution >= 4 is 17.5 Å². The molecule has 21 heavy (non-hydrogen) atoms. The van der Waals surface area contributed by atoms with E-state index in [9.17, 15) is 9.59 Å². The molecule has 0 aromatic heterocycles. The molecule has 0 saturated heterocycles. The van der Waals surface area contributed by atoms with Crippen LogP contribution in [0.25, 0.3) is 0 Å². The van der Waals surface area contributed by atoms with Gasteiger partial charge in [-0.2, -0.15) is 0 Å². The van der Waals surface area contributed by atoms with E-state index in [4.69, 9.17) is 0 Å². The zero-order valence-corrected chi connectivity index (χ0v) is 13.7. The van der Waals surface area contributed by atoms with E-state index >= 15 is 0 Å². The second kappa shape index (κ2) is 7.81. The summed E-state index contributed by atoms with van der Waals surface area (Å²) in [5.41, 5.74) is 3.01. The number of nitrogens with one attached hydrogen (secondary N) is 1. The number of anilines is 1. The van der Waals surface area contributed by atoms with E-state index < -0.39 is 0 Å². The van der Waals surface area contributed by atoms with Gasteiger partial charge in [0.15, 0.2) is 0 Å². The van der Waals surface area contributed by atoms with Gasteiger partial charge in [-0.1, -0.05) is 26.0 Å². The number of carbonyl (C=O) groups excluding carboxylic acids is 2. The molecule has 1 N–H and O–H groups in total. The topological polar surface area (TPSA) is 49.4 Å². The molecular formula is C17H26N2O2. The molecule has 0 radical (unpaired) electrons. The number of hydrogen-bond donors (Lipinski definition) is 1. The van der Waals surface area contributed by atoms with Crippen LogP contribution < -0.4 is 5.32 Å². The van der Waals surface area contributed by atoms with Crippen LogP contribution in [-0.2, 0) is 9.59 Å². The van der Waals surface area contributed by atoms with Crippen molar-refractivity contribution in [2.45, 2.75) is 41.0 Å². The van der Waals surface area contributed by atoms with E-state index in [2.05, 4.69) is 19.2 Å². The molecule has 0 saturated carbocycles. The summed E-state index contributed by atoms with van der Waals surface area (Å²) in [4.78, 5) is 25.3. The van der Waals surface area contributed by atoms with Crippen LogP contribution in [0.5, 0.6) is 0 Å². The first-order valence-corrected chi connectivity index (χ1v) is 7.42. The Labute approximate surface area is 127 Å². The minimum Gasteiger partial charge on any atom is -0.334 e. The number of rotatable bonds is 6. The van der Waals surface area contributed by atoms with Gasteiger partial charge >= 0.3 is 0 Å². The molecule has 4 nitrogen and oxygen atoms in total. The molecule has 0 spiro atoms. The summed E-state index contributed by atoms with van der Waals surface area (Å²) < 4.78 is 0. The average Bonchev–Trinajstić information content (AvgIpc) is 2.39. The van der Waals surface area contributed by atoms with Gasteiger partial charge in [0.05, 0.1) is 6.54 Å². The molecule has 1 aromatic carbocycles. The lowest BCUT2D eigenvalue weighted by Gasteiger charge is -2.22. The van der Waals surface area contributed by atoms with Crippen molar-refractivity contribution in [3.05, 3.63) is 29.3 Å². The number of aryl methyl sites for hydroxylation is 1. The smallest absolute Gasteiger partial charge is 0.244 e. The summed E-state index contributed by atoms with van der Waals surface area (Å²) in [7, 11) is 0. The normalized spacial score (nSPS) is 10.6. The summed E-state index contributed by atoms with van der Waals surface area (Å²) in [6, 6.07) is 5.81. The lowest BCUT2D eigenvalue weighted by Crippen LogP contribution is -2.37. The molecule has 1 rings (SSSR count). The van der Waals surface area contributed by atoms with Gasteiger partial charge < -0.3 is 10.2 Å². The first-order valence-electron chi connectivity index (χ1n) is 7.42. The maximum atomic E-state index is 12.1. The van der Waals surface area contributed by atoms with Crippen LogP contribution in [0.15, 0.2) is 18.2 Å². The Kier molecular flexibility index (Phi) is 6.40. The van der Waals surface area contributed by atoms with Crippen LogP contribution in [-0.4, -0.2) is 29.8 Å². The Balaban J connectivity index is 2.65. The van der Waals surface area contributed by atoms with Gasteiger partial charge in [0.2, 0.25) is 11.8 Å². The van der Waals surface area contributed by atoms with Crippen LogP contribution in [0.2, 0.25) is 0 Å². The van der Waals surface area contributed by atoms with Crippen LogP contribution in [0.1, 0.15) is 38.3 Å². The predicted octanol–water partition coefficient (Wildman–Crippen LogP) is 3.14. The molecule has 0 aliphatic heterocycles. The van der Waals surface area contributed by atoms with Crippen LogP contribution in [0.3, 0.4) is 0 Å². The van der Waals surface area contributed by atoms with E-state index in [1.165, 1.54) is 6.92 Å². The van der Waals surface area contributed by atoms with Crippen LogP contribution >= 0.6 is 0 Å². The molecule has 1 aromatic rings. The summed E-state index contributed by atoms with van der Waals surface area (Å²) in [5, 5.41) is 2.89. The zero-order valence-electron chi connectivity index (χ0n) is 13.7. The Morgan fingerprint density at radius 2 is 1.90 bits per heavy atom. The second-order valence-electron chi connectivity index (χ2n) is 5.92. The first kappa shape index (κ1) is 17.2. The SMILES string of the molecule is CC(=O)N(CCC(C)C)CC(=O)Nc1cccc(C)c1C. The number of amides is 2. The van der Waals surface area contributed by atoms with E-state index in [0.717, 1.165) is 23.2 Å². The largest absolute Gasteiger partial charge is 0.334 e. The minimum absolute atomic E-state index is 0.0632. The lowest BCUT2D eigenvalue weighted by atomic mass is 10.1. The number of benzene rings is 1. The van der Waals surface area contributed by atoms with E-state index in [1.807, 2.05) is 32.0 Å². The molecule has 0 atom stereocenters. The van der Waals surface area contributed by atoms with Crippen LogP contribution in [0.4, 0.5) is 5.69 Å². The minimum atomic E-state index is -0.150. The van der Waals surface area contributed by atoms with Crippen LogP contribution in [0, 0.1) is 19.8 Å². The predicted molar refractivity (Wildman–Crippen MR) is 86.3 cm³/mol. The average molecular weight is 290 g/mol. The third-order valence-corrected chi connectivity index (χ3v) is 3.63. The summed E-state index contributed by atoms with van der Waals surface area (Å²) in [6.07, 6.45) is 0.899. The van der Waals surface area contributed by atoms with Crippen molar-refractivity contribution in [2.75, 3.05) is 18.4 Å². The molecule has 0 aliphatic carbocycles. The van der Waals surface area contributed by atoms with Gasteiger partial charge in [0.25, 0.3) is 0 Å². The Bertz CT molecular complexity index is 510. The van der Waals surface area contributed by atoms with Gasteiger partial charge in [0, 0.05) is 19.2 Å². The van der Waals surface area contributed by atoms with Gasteiger partial charge in [0.1, 0.15) is 0 Å². The van der Waals surface area contributed by atoms with E-state index in [0.29, 0.717) is 12.5 Å². The number of nitrogens with zero attached hydrogens (tertiary/aromatic N) is 1. The second-order valence-corrected chi connectivity index (χ2v) is 5.92. The first-order chi connectivity index (χ1) is 9.81. The van der Waals surface area contributed by atoms with Crippen molar-refractivity contribution < 1.29 is 9.59 Å². The summed E-state index contributed by atoms with van der Waals surface area (Å²) in [5.74, 6) is 0.295. The Hall–Kier alpha value is -1.84. The number of hydrogen-bond acceptors (Lipinski definition) is 2. The monoisotopic (exact) mass is 290 g/mol. The van der Waals surface area contributed by atoms with Crippen molar-refractivity contribution in [1.82, 2.24) is 4.90 Å². The third kappa shape index (κ3) is 5.58. The molecule has 0 aliphatic rings. The number of carbonyl (C=O) groups is 2. The van der Waals surface area contributed by atoms with Crippen molar-refractivity contribution in [3.63, 3.8) is 0 Å². The molecule has 4 heteroatoms. The highest BCUT2D eigenvalue weighted by molar-refractivity contribution is 5.95. The highest BCUT2D eigenvalue weighted by Gasteiger charge is 2.14. The van der Waals surface area contributed by atoms with Crippen molar-refractivity contribution in [3.8, 4) is 0 Å². The Morgan fingerprint density at radius 1 is 1.24 bits per heavy atom. The van der Waals surface area contributed by atoms with E-state index in [1.54, 1.807) is 4.90 Å². The highest BCUT2D eigenvalue weighted by Crippen LogP contribution is 2.17. The van der Waals surface area contributed by atoms with Gasteiger partial charge in [-0.3, -0.25) is 9.59 Å². The fraction of sp³-hybridized carbons (Fsp3) is 0.529. The molecule has 2 amide bonds. The molecule has 0 fully saturated rings. The fourth-order valence-electron chi connectivity index (χ4n) is 2.01. The van der Waals surface area contributed by atoms with E-state index in [-0.39, 0.29) is 18.4 Å². The standard InChI is InChI=1S/C17H26N2O2/c1-12(2)9-10-19(15(5)20)11-17(21)18-16-8-6-7-13(3)14(16)4/h6-8,12H,9-11H2,1-5H3,(H,18,21). The lowest BCUT2D eigenvalue weighted by molar-refractivity contribution is -0.132.